The van der Waals surface area contributed by atoms with Crippen LogP contribution < -0.4 is 5.32 Å². The number of allylic oxidation sites excluding steroid dienone is 1. The largest absolute Gasteiger partial charge is 0.325 e. The number of benzene rings is 2. The lowest BCUT2D eigenvalue weighted by molar-refractivity contribution is -0.113. The molecule has 0 aliphatic rings. The van der Waals surface area contributed by atoms with Gasteiger partial charge in [-0.2, -0.15) is 0 Å². The predicted molar refractivity (Wildman–Crippen MR) is 137 cm³/mol. The summed E-state index contributed by atoms with van der Waals surface area (Å²) < 4.78 is 1.96. The van der Waals surface area contributed by atoms with Crippen molar-refractivity contribution in [2.75, 3.05) is 11.1 Å². The number of carbonyl (C=O) groups excluding carboxylic acids is 1. The van der Waals surface area contributed by atoms with Gasteiger partial charge in [0.25, 0.3) is 0 Å². The molecule has 10 heteroatoms. The fraction of sp³-hybridized carbons (Fsp3) is 0.227. The fourth-order valence-corrected chi connectivity index (χ4v) is 5.24. The summed E-state index contributed by atoms with van der Waals surface area (Å²) in [5.41, 5.74) is 2.66. The van der Waals surface area contributed by atoms with Crippen LogP contribution in [0.25, 0.3) is 0 Å². The molecule has 168 valence electrons. The van der Waals surface area contributed by atoms with E-state index in [0.717, 1.165) is 22.7 Å². The van der Waals surface area contributed by atoms with Crippen molar-refractivity contribution in [3.63, 3.8) is 0 Å². The average molecular weight is 528 g/mol. The summed E-state index contributed by atoms with van der Waals surface area (Å²) in [6.07, 6.45) is 1.78. The van der Waals surface area contributed by atoms with Gasteiger partial charge < -0.3 is 9.88 Å². The van der Waals surface area contributed by atoms with Gasteiger partial charge in [-0.3, -0.25) is 4.79 Å². The Kier molecular flexibility index (Phi) is 9.37. The molecule has 5 nitrogen and oxygen atoms in total. The Bertz CT molecular complexity index is 1120. The molecule has 0 saturated heterocycles. The zero-order valence-corrected chi connectivity index (χ0v) is 21.2. The number of hydrogen-bond donors (Lipinski definition) is 1. The van der Waals surface area contributed by atoms with E-state index in [1.54, 1.807) is 36.0 Å². The molecule has 1 amide bonds. The minimum atomic E-state index is -0.137. The molecular formula is C22H21Cl3N4OS2. The van der Waals surface area contributed by atoms with Crippen molar-refractivity contribution < 1.29 is 4.79 Å². The first-order valence-corrected chi connectivity index (χ1v) is 12.9. The second-order valence-corrected chi connectivity index (χ2v) is 10.0. The van der Waals surface area contributed by atoms with Crippen molar-refractivity contribution in [1.29, 1.82) is 0 Å². The highest BCUT2D eigenvalue weighted by atomic mass is 35.5. The monoisotopic (exact) mass is 526 g/mol. The summed E-state index contributed by atoms with van der Waals surface area (Å²) in [5.74, 6) is 2.25. The number of hydrogen-bond acceptors (Lipinski definition) is 5. The minimum Gasteiger partial charge on any atom is -0.325 e. The van der Waals surface area contributed by atoms with E-state index in [1.807, 2.05) is 29.7 Å². The Balaban J connectivity index is 1.59. The first kappa shape index (κ1) is 25.0. The molecule has 0 unspecified atom stereocenters. The lowest BCUT2D eigenvalue weighted by Crippen LogP contribution is -2.15. The van der Waals surface area contributed by atoms with Crippen LogP contribution in [0.1, 0.15) is 17.0 Å². The van der Waals surface area contributed by atoms with E-state index in [0.29, 0.717) is 38.2 Å². The van der Waals surface area contributed by atoms with Gasteiger partial charge in [0.15, 0.2) is 5.16 Å². The van der Waals surface area contributed by atoms with Gasteiger partial charge in [-0.15, -0.1) is 28.5 Å². The number of aromatic nitrogens is 3. The van der Waals surface area contributed by atoms with Crippen LogP contribution >= 0.6 is 58.3 Å². The summed E-state index contributed by atoms with van der Waals surface area (Å²) in [5, 5.41) is 14.0. The van der Waals surface area contributed by atoms with E-state index < -0.39 is 0 Å². The zero-order chi connectivity index (χ0) is 23.1. The zero-order valence-electron chi connectivity index (χ0n) is 17.3. The van der Waals surface area contributed by atoms with Gasteiger partial charge in [0.2, 0.25) is 5.91 Å². The molecule has 0 aliphatic carbocycles. The lowest BCUT2D eigenvalue weighted by atomic mass is 10.2. The molecule has 0 spiro atoms. The maximum Gasteiger partial charge on any atom is 0.234 e. The number of halogens is 3. The van der Waals surface area contributed by atoms with Crippen molar-refractivity contribution in [3.05, 3.63) is 81.1 Å². The quantitative estimate of drug-likeness (QED) is 0.230. The Morgan fingerprint density at radius 2 is 1.88 bits per heavy atom. The van der Waals surface area contributed by atoms with Crippen molar-refractivity contribution >= 4 is 69.9 Å². The van der Waals surface area contributed by atoms with Gasteiger partial charge in [-0.25, -0.2) is 0 Å². The third-order valence-corrected chi connectivity index (χ3v) is 7.18. The van der Waals surface area contributed by atoms with Gasteiger partial charge in [-0.1, -0.05) is 64.8 Å². The summed E-state index contributed by atoms with van der Waals surface area (Å²) in [4.78, 5) is 12.4. The average Bonchev–Trinajstić information content (AvgIpc) is 3.13. The second-order valence-electron chi connectivity index (χ2n) is 6.82. The maximum atomic E-state index is 12.4. The van der Waals surface area contributed by atoms with Crippen LogP contribution in [0.5, 0.6) is 0 Å². The molecule has 3 aromatic rings. The molecular weight excluding hydrogens is 507 g/mol. The standard InChI is InChI=1S/C22H21Cl3N4OS2/c1-3-8-29-20(12-31-11-15-5-7-16(23)9-18(15)25)27-28-22(29)32-13-21(30)26-19-10-17(24)6-4-14(19)2/h3-7,9-10H,1,8,11-13H2,2H3,(H,26,30). The topological polar surface area (TPSA) is 59.8 Å². The summed E-state index contributed by atoms with van der Waals surface area (Å²) in [6, 6.07) is 10.9. The SMILES string of the molecule is C=CCn1c(CSCc2ccc(Cl)cc2Cl)nnc1SCC(=O)Nc1cc(Cl)ccc1C. The summed E-state index contributed by atoms with van der Waals surface area (Å²) in [6.45, 7) is 6.30. The van der Waals surface area contributed by atoms with Crippen LogP contribution in [-0.4, -0.2) is 26.4 Å². The van der Waals surface area contributed by atoms with E-state index in [9.17, 15) is 4.79 Å². The highest BCUT2D eigenvalue weighted by Gasteiger charge is 2.14. The van der Waals surface area contributed by atoms with E-state index in [4.69, 9.17) is 34.8 Å². The van der Waals surface area contributed by atoms with Gasteiger partial charge in [0.05, 0.1) is 11.5 Å². The molecule has 0 saturated carbocycles. The molecule has 0 fully saturated rings. The number of carbonyl (C=O) groups is 1. The molecule has 0 aliphatic heterocycles. The number of anilines is 1. The van der Waals surface area contributed by atoms with Crippen molar-refractivity contribution in [2.24, 2.45) is 0 Å². The first-order valence-electron chi connectivity index (χ1n) is 9.61. The van der Waals surface area contributed by atoms with Crippen molar-refractivity contribution in [1.82, 2.24) is 14.8 Å². The summed E-state index contributed by atoms with van der Waals surface area (Å²) >= 11 is 21.2. The third-order valence-electron chi connectivity index (χ3n) is 4.42. The van der Waals surface area contributed by atoms with Crippen LogP contribution in [-0.2, 0) is 22.8 Å². The van der Waals surface area contributed by atoms with Gasteiger partial charge in [-0.05, 0) is 42.3 Å². The minimum absolute atomic E-state index is 0.137. The molecule has 1 aromatic heterocycles. The number of nitrogens with zero attached hydrogens (tertiary/aromatic N) is 3. The normalized spacial score (nSPS) is 10.9. The Labute approximate surface area is 210 Å². The molecule has 1 N–H and O–H groups in total. The number of thioether (sulfide) groups is 2. The van der Waals surface area contributed by atoms with Crippen LogP contribution in [0.4, 0.5) is 5.69 Å². The van der Waals surface area contributed by atoms with E-state index in [-0.39, 0.29) is 11.7 Å². The number of aryl methyl sites for hydroxylation is 1. The van der Waals surface area contributed by atoms with Crippen LogP contribution in [0.3, 0.4) is 0 Å². The Morgan fingerprint density at radius 3 is 2.62 bits per heavy atom. The molecule has 0 bridgehead atoms. The molecule has 32 heavy (non-hydrogen) atoms. The van der Waals surface area contributed by atoms with Crippen LogP contribution in [0.15, 0.2) is 54.2 Å². The van der Waals surface area contributed by atoms with E-state index in [2.05, 4.69) is 22.1 Å². The van der Waals surface area contributed by atoms with Crippen LogP contribution in [0, 0.1) is 6.92 Å². The number of amides is 1. The Morgan fingerprint density at radius 1 is 1.12 bits per heavy atom. The second kappa shape index (κ2) is 12.0. The van der Waals surface area contributed by atoms with Crippen molar-refractivity contribution in [2.45, 2.75) is 30.1 Å². The third kappa shape index (κ3) is 6.93. The van der Waals surface area contributed by atoms with Gasteiger partial charge in [0, 0.05) is 33.1 Å². The molecule has 0 atom stereocenters. The predicted octanol–water partition coefficient (Wildman–Crippen LogP) is 6.90. The lowest BCUT2D eigenvalue weighted by Gasteiger charge is -2.10. The van der Waals surface area contributed by atoms with Gasteiger partial charge in [0.1, 0.15) is 5.82 Å². The highest BCUT2D eigenvalue weighted by molar-refractivity contribution is 7.99. The number of nitrogens with one attached hydrogen (secondary N) is 1. The Hall–Kier alpha value is -1.64. The number of rotatable bonds is 10. The van der Waals surface area contributed by atoms with Crippen molar-refractivity contribution in [3.8, 4) is 0 Å². The molecule has 2 aromatic carbocycles. The first-order chi connectivity index (χ1) is 15.4. The summed E-state index contributed by atoms with van der Waals surface area (Å²) in [7, 11) is 0. The molecule has 0 radical (unpaired) electrons. The highest BCUT2D eigenvalue weighted by Crippen LogP contribution is 2.27. The van der Waals surface area contributed by atoms with E-state index >= 15 is 0 Å². The smallest absolute Gasteiger partial charge is 0.234 e. The van der Waals surface area contributed by atoms with E-state index in [1.165, 1.54) is 11.8 Å². The molecule has 1 heterocycles. The maximum absolute atomic E-state index is 12.4. The van der Waals surface area contributed by atoms with Crippen LogP contribution in [0.2, 0.25) is 15.1 Å². The molecule has 3 rings (SSSR count). The van der Waals surface area contributed by atoms with Gasteiger partial charge >= 0.3 is 0 Å². The fourth-order valence-electron chi connectivity index (χ4n) is 2.78.